The van der Waals surface area contributed by atoms with E-state index in [2.05, 4.69) is 30.8 Å². The van der Waals surface area contributed by atoms with Crippen LogP contribution < -0.4 is 10.1 Å². The zero-order valence-corrected chi connectivity index (χ0v) is 17.5. The quantitative estimate of drug-likeness (QED) is 0.464. The predicted octanol–water partition coefficient (Wildman–Crippen LogP) is 2.31. The van der Waals surface area contributed by atoms with Crippen molar-refractivity contribution in [2.24, 2.45) is 21.1 Å². The van der Waals surface area contributed by atoms with Gasteiger partial charge in [-0.25, -0.2) is 4.98 Å². The van der Waals surface area contributed by atoms with E-state index in [4.69, 9.17) is 9.72 Å². The van der Waals surface area contributed by atoms with Crippen molar-refractivity contribution in [2.45, 2.75) is 0 Å². The Kier molecular flexibility index (Phi) is 4.35. The van der Waals surface area contributed by atoms with Crippen LogP contribution in [0.15, 0.2) is 42.9 Å². The van der Waals surface area contributed by atoms with Crippen LogP contribution in [0.25, 0.3) is 33.7 Å². The van der Waals surface area contributed by atoms with E-state index < -0.39 is 0 Å². The standard InChI is InChI=1S/C20H20N10O/c1-28-11-15(25-27-28)12-8-17(24-20-13(12)10-22-30(20)3)23-18-9-14(26-29(18)2)19-16(31-4)6-5-7-21-19/h5-11H,1-4H3,(H,23,24). The van der Waals surface area contributed by atoms with Crippen molar-refractivity contribution in [1.29, 1.82) is 0 Å². The Bertz CT molecular complexity index is 1400. The predicted molar refractivity (Wildman–Crippen MR) is 115 cm³/mol. The van der Waals surface area contributed by atoms with E-state index in [0.29, 0.717) is 23.0 Å². The van der Waals surface area contributed by atoms with Gasteiger partial charge in [0.2, 0.25) is 0 Å². The van der Waals surface area contributed by atoms with Crippen molar-refractivity contribution in [3.8, 4) is 28.4 Å². The highest BCUT2D eigenvalue weighted by Gasteiger charge is 2.17. The third kappa shape index (κ3) is 3.25. The highest BCUT2D eigenvalue weighted by molar-refractivity contribution is 5.93. The van der Waals surface area contributed by atoms with Crippen LogP contribution in [0.3, 0.4) is 0 Å². The number of rotatable bonds is 5. The SMILES string of the molecule is COc1cccnc1-c1cc(Nc2cc(-c3cn(C)nn3)c3cnn(C)c3n2)n(C)n1. The van der Waals surface area contributed by atoms with Crippen LogP contribution in [0.1, 0.15) is 0 Å². The molecule has 11 nitrogen and oxygen atoms in total. The van der Waals surface area contributed by atoms with Crippen molar-refractivity contribution < 1.29 is 4.74 Å². The summed E-state index contributed by atoms with van der Waals surface area (Å²) in [5, 5.41) is 21.5. The minimum Gasteiger partial charge on any atom is -0.494 e. The molecule has 5 rings (SSSR count). The number of pyridine rings is 2. The molecule has 0 aliphatic carbocycles. The first-order chi connectivity index (χ1) is 15.0. The Morgan fingerprint density at radius 1 is 1.06 bits per heavy atom. The van der Waals surface area contributed by atoms with Crippen LogP contribution in [0.4, 0.5) is 11.6 Å². The summed E-state index contributed by atoms with van der Waals surface area (Å²) in [5.41, 5.74) is 3.74. The van der Waals surface area contributed by atoms with Gasteiger partial charge in [-0.3, -0.25) is 19.0 Å². The lowest BCUT2D eigenvalue weighted by atomic mass is 10.1. The molecule has 1 N–H and O–H groups in total. The number of aromatic nitrogens is 9. The maximum absolute atomic E-state index is 5.42. The lowest BCUT2D eigenvalue weighted by Gasteiger charge is -2.08. The number of hydrogen-bond donors (Lipinski definition) is 1. The van der Waals surface area contributed by atoms with Gasteiger partial charge < -0.3 is 10.1 Å². The fourth-order valence-electron chi connectivity index (χ4n) is 3.44. The molecule has 0 aliphatic rings. The number of anilines is 2. The van der Waals surface area contributed by atoms with Gasteiger partial charge in [-0.2, -0.15) is 10.2 Å². The fourth-order valence-corrected chi connectivity index (χ4v) is 3.44. The van der Waals surface area contributed by atoms with Crippen LogP contribution >= 0.6 is 0 Å². The molecule has 0 unspecified atom stereocenters. The van der Waals surface area contributed by atoms with Crippen molar-refractivity contribution >= 4 is 22.7 Å². The molecule has 31 heavy (non-hydrogen) atoms. The van der Waals surface area contributed by atoms with E-state index >= 15 is 0 Å². The highest BCUT2D eigenvalue weighted by Crippen LogP contribution is 2.31. The van der Waals surface area contributed by atoms with Crippen molar-refractivity contribution in [3.05, 3.63) is 42.9 Å². The normalized spacial score (nSPS) is 11.2. The monoisotopic (exact) mass is 416 g/mol. The van der Waals surface area contributed by atoms with Gasteiger partial charge in [-0.05, 0) is 18.2 Å². The first-order valence-electron chi connectivity index (χ1n) is 9.53. The Balaban J connectivity index is 1.57. The molecule has 156 valence electrons. The Labute approximate surface area is 177 Å². The molecular weight excluding hydrogens is 396 g/mol. The van der Waals surface area contributed by atoms with E-state index in [1.54, 1.807) is 33.5 Å². The van der Waals surface area contributed by atoms with Gasteiger partial charge >= 0.3 is 0 Å². The van der Waals surface area contributed by atoms with Crippen LogP contribution in [-0.2, 0) is 21.1 Å². The molecule has 0 aliphatic heterocycles. The van der Waals surface area contributed by atoms with Crippen LogP contribution in [-0.4, -0.2) is 51.6 Å². The van der Waals surface area contributed by atoms with Gasteiger partial charge in [0.05, 0.1) is 19.5 Å². The lowest BCUT2D eigenvalue weighted by molar-refractivity contribution is 0.414. The summed E-state index contributed by atoms with van der Waals surface area (Å²) in [7, 11) is 7.16. The Morgan fingerprint density at radius 3 is 2.71 bits per heavy atom. The van der Waals surface area contributed by atoms with Crippen LogP contribution in [0.2, 0.25) is 0 Å². The molecule has 0 saturated carbocycles. The molecule has 0 aromatic carbocycles. The summed E-state index contributed by atoms with van der Waals surface area (Å²) >= 11 is 0. The minimum absolute atomic E-state index is 0.638. The summed E-state index contributed by atoms with van der Waals surface area (Å²) < 4.78 is 10.5. The molecule has 5 heterocycles. The van der Waals surface area contributed by atoms with Gasteiger partial charge in [0.25, 0.3) is 0 Å². The van der Waals surface area contributed by atoms with Crippen molar-refractivity contribution in [3.63, 3.8) is 0 Å². The molecule has 0 bridgehead atoms. The Morgan fingerprint density at radius 2 is 1.94 bits per heavy atom. The average molecular weight is 416 g/mol. The second-order valence-electron chi connectivity index (χ2n) is 7.06. The first kappa shape index (κ1) is 18.7. The van der Waals surface area contributed by atoms with E-state index in [1.165, 1.54) is 0 Å². The smallest absolute Gasteiger partial charge is 0.160 e. The van der Waals surface area contributed by atoms with E-state index in [-0.39, 0.29) is 0 Å². The van der Waals surface area contributed by atoms with Crippen molar-refractivity contribution in [1.82, 2.24) is 44.5 Å². The highest BCUT2D eigenvalue weighted by atomic mass is 16.5. The molecule has 0 atom stereocenters. The molecule has 0 amide bonds. The van der Waals surface area contributed by atoms with E-state index in [1.807, 2.05) is 51.6 Å². The summed E-state index contributed by atoms with van der Waals surface area (Å²) in [6.45, 7) is 0. The summed E-state index contributed by atoms with van der Waals surface area (Å²) in [5.74, 6) is 2.05. The van der Waals surface area contributed by atoms with Gasteiger partial charge in [-0.1, -0.05) is 5.21 Å². The molecule has 0 radical (unpaired) electrons. The third-order valence-corrected chi connectivity index (χ3v) is 4.95. The zero-order valence-electron chi connectivity index (χ0n) is 17.5. The number of ether oxygens (including phenoxy) is 1. The zero-order chi connectivity index (χ0) is 21.5. The van der Waals surface area contributed by atoms with E-state index in [9.17, 15) is 0 Å². The Hall–Kier alpha value is -4.28. The second-order valence-corrected chi connectivity index (χ2v) is 7.06. The molecular formula is C20H20N10O. The van der Waals surface area contributed by atoms with Gasteiger partial charge in [-0.15, -0.1) is 5.10 Å². The topological polar surface area (TPSA) is 113 Å². The largest absolute Gasteiger partial charge is 0.494 e. The average Bonchev–Trinajstić information content (AvgIpc) is 3.47. The molecule has 0 fully saturated rings. The summed E-state index contributed by atoms with van der Waals surface area (Å²) in [4.78, 5) is 9.14. The maximum Gasteiger partial charge on any atom is 0.160 e. The number of hydrogen-bond acceptors (Lipinski definition) is 8. The first-order valence-corrected chi connectivity index (χ1v) is 9.53. The minimum atomic E-state index is 0.638. The van der Waals surface area contributed by atoms with Gasteiger partial charge in [0, 0.05) is 44.4 Å². The van der Waals surface area contributed by atoms with E-state index in [0.717, 1.165) is 28.1 Å². The maximum atomic E-state index is 5.42. The lowest BCUT2D eigenvalue weighted by Crippen LogP contribution is -2.02. The van der Waals surface area contributed by atoms with Gasteiger partial charge in [0.15, 0.2) is 5.65 Å². The molecule has 0 saturated heterocycles. The number of nitrogens with zero attached hydrogens (tertiary/aromatic N) is 9. The fraction of sp³-hybridized carbons (Fsp3) is 0.200. The molecule has 11 heteroatoms. The van der Waals surface area contributed by atoms with Crippen molar-refractivity contribution in [2.75, 3.05) is 12.4 Å². The second kappa shape index (κ2) is 7.20. The third-order valence-electron chi connectivity index (χ3n) is 4.95. The number of aryl methyl sites for hydroxylation is 3. The molecule has 5 aromatic heterocycles. The molecule has 5 aromatic rings. The van der Waals surface area contributed by atoms with Crippen LogP contribution in [0, 0.1) is 0 Å². The summed E-state index contributed by atoms with van der Waals surface area (Å²) in [6, 6.07) is 7.52. The number of nitrogens with one attached hydrogen (secondary N) is 1. The number of methoxy groups -OCH3 is 1. The molecule has 0 spiro atoms. The van der Waals surface area contributed by atoms with Crippen LogP contribution in [0.5, 0.6) is 5.75 Å². The van der Waals surface area contributed by atoms with Gasteiger partial charge in [0.1, 0.15) is 34.5 Å². The number of fused-ring (bicyclic) bond motifs is 1. The summed E-state index contributed by atoms with van der Waals surface area (Å²) in [6.07, 6.45) is 5.36.